The Bertz CT molecular complexity index is 543. The van der Waals surface area contributed by atoms with E-state index in [0.29, 0.717) is 10.2 Å². The van der Waals surface area contributed by atoms with Gasteiger partial charge in [0.1, 0.15) is 5.15 Å². The molecule has 0 aliphatic carbocycles. The summed E-state index contributed by atoms with van der Waals surface area (Å²) in [5, 5.41) is 1.17. The van der Waals surface area contributed by atoms with Crippen molar-refractivity contribution in [3.63, 3.8) is 0 Å². The number of hydrogen-bond acceptors (Lipinski definition) is 2. The van der Waals surface area contributed by atoms with Crippen LogP contribution in [-0.4, -0.2) is 4.98 Å². The van der Waals surface area contributed by atoms with Gasteiger partial charge >= 0.3 is 0 Å². The average molecular weight is 298 g/mol. The lowest BCUT2D eigenvalue weighted by atomic mass is 10.2. The zero-order valence-corrected chi connectivity index (χ0v) is 12.3. The second-order valence-corrected chi connectivity index (χ2v) is 5.82. The quantitative estimate of drug-likeness (QED) is 0.726. The Kier molecular flexibility index (Phi) is 4.93. The number of benzene rings is 1. The molecule has 2 rings (SSSR count). The summed E-state index contributed by atoms with van der Waals surface area (Å²) in [6.07, 6.45) is 0. The van der Waals surface area contributed by atoms with E-state index in [2.05, 4.69) is 36.2 Å². The van der Waals surface area contributed by atoms with Gasteiger partial charge in [0.05, 0.1) is 10.7 Å². The van der Waals surface area contributed by atoms with Crippen LogP contribution in [0.15, 0.2) is 36.4 Å². The first-order valence-corrected chi connectivity index (χ1v) is 7.50. The molecule has 18 heavy (non-hydrogen) atoms. The van der Waals surface area contributed by atoms with Crippen molar-refractivity contribution in [2.24, 2.45) is 0 Å². The maximum Gasteiger partial charge on any atom is 0.129 e. The van der Waals surface area contributed by atoms with Gasteiger partial charge in [-0.1, -0.05) is 53.0 Å². The molecule has 1 aromatic heterocycles. The number of rotatable bonds is 4. The summed E-state index contributed by atoms with van der Waals surface area (Å²) in [4.78, 5) is 4.23. The van der Waals surface area contributed by atoms with Gasteiger partial charge in [0.2, 0.25) is 0 Å². The lowest BCUT2D eigenvalue weighted by Gasteiger charge is -2.05. The van der Waals surface area contributed by atoms with Crippen LogP contribution >= 0.6 is 35.0 Å². The van der Waals surface area contributed by atoms with Gasteiger partial charge in [0, 0.05) is 11.5 Å². The van der Waals surface area contributed by atoms with Crippen LogP contribution in [0.1, 0.15) is 16.8 Å². The molecule has 0 fully saturated rings. The first kappa shape index (κ1) is 13.7. The summed E-state index contributed by atoms with van der Waals surface area (Å²) in [5.74, 6) is 1.72. The van der Waals surface area contributed by atoms with Gasteiger partial charge in [-0.25, -0.2) is 4.98 Å². The minimum absolute atomic E-state index is 0.491. The average Bonchev–Trinajstić information content (AvgIpc) is 2.34. The van der Waals surface area contributed by atoms with E-state index in [1.54, 1.807) is 23.9 Å². The van der Waals surface area contributed by atoms with Crippen LogP contribution < -0.4 is 0 Å². The Labute approximate surface area is 122 Å². The fraction of sp³-hybridized carbons (Fsp3) is 0.214. The third kappa shape index (κ3) is 3.91. The van der Waals surface area contributed by atoms with Gasteiger partial charge in [0.15, 0.2) is 0 Å². The molecule has 1 nitrogen and oxygen atoms in total. The second kappa shape index (κ2) is 6.46. The Morgan fingerprint density at radius 3 is 2.72 bits per heavy atom. The topological polar surface area (TPSA) is 12.9 Å². The number of thioether (sulfide) groups is 1. The van der Waals surface area contributed by atoms with Crippen molar-refractivity contribution in [1.82, 2.24) is 4.98 Å². The van der Waals surface area contributed by atoms with E-state index in [1.807, 2.05) is 0 Å². The van der Waals surface area contributed by atoms with E-state index < -0.39 is 0 Å². The van der Waals surface area contributed by atoms with Crippen molar-refractivity contribution >= 4 is 35.0 Å². The summed E-state index contributed by atoms with van der Waals surface area (Å²) in [7, 11) is 0. The minimum Gasteiger partial charge on any atom is -0.239 e. The first-order chi connectivity index (χ1) is 8.65. The molecule has 0 spiro atoms. The smallest absolute Gasteiger partial charge is 0.129 e. The van der Waals surface area contributed by atoms with Crippen LogP contribution in [0.2, 0.25) is 10.2 Å². The SMILES string of the molecule is Cc1cccc(CSCc2nc(Cl)ccc2Cl)c1. The molecule has 0 aliphatic heterocycles. The number of aryl methyl sites for hydroxylation is 1. The van der Waals surface area contributed by atoms with Crippen LogP contribution in [0.5, 0.6) is 0 Å². The van der Waals surface area contributed by atoms with Crippen molar-refractivity contribution in [1.29, 1.82) is 0 Å². The molecule has 0 amide bonds. The molecule has 0 atom stereocenters. The van der Waals surface area contributed by atoms with Crippen LogP contribution in [-0.2, 0) is 11.5 Å². The highest BCUT2D eigenvalue weighted by molar-refractivity contribution is 7.97. The molecular formula is C14H13Cl2NS. The third-order valence-corrected chi connectivity index (χ3v) is 4.04. The maximum atomic E-state index is 6.07. The lowest BCUT2D eigenvalue weighted by molar-refractivity contribution is 1.17. The van der Waals surface area contributed by atoms with E-state index in [4.69, 9.17) is 23.2 Å². The maximum absolute atomic E-state index is 6.07. The van der Waals surface area contributed by atoms with E-state index in [9.17, 15) is 0 Å². The monoisotopic (exact) mass is 297 g/mol. The van der Waals surface area contributed by atoms with Gasteiger partial charge in [-0.15, -0.1) is 0 Å². The molecule has 1 aromatic carbocycles. The van der Waals surface area contributed by atoms with Gasteiger partial charge in [0.25, 0.3) is 0 Å². The summed E-state index contributed by atoms with van der Waals surface area (Å²) in [5.41, 5.74) is 3.45. The molecule has 0 bridgehead atoms. The van der Waals surface area contributed by atoms with Gasteiger partial charge < -0.3 is 0 Å². The number of aromatic nitrogens is 1. The summed E-state index contributed by atoms with van der Waals surface area (Å²) in [6, 6.07) is 12.0. The largest absolute Gasteiger partial charge is 0.239 e. The highest BCUT2D eigenvalue weighted by Crippen LogP contribution is 2.23. The van der Waals surface area contributed by atoms with E-state index in [0.717, 1.165) is 17.2 Å². The number of pyridine rings is 1. The molecule has 2 aromatic rings. The summed E-state index contributed by atoms with van der Waals surface area (Å²) in [6.45, 7) is 2.10. The van der Waals surface area contributed by atoms with Crippen molar-refractivity contribution in [3.05, 3.63) is 63.4 Å². The third-order valence-electron chi connectivity index (χ3n) is 2.47. The fourth-order valence-corrected chi connectivity index (χ4v) is 2.97. The predicted molar refractivity (Wildman–Crippen MR) is 80.4 cm³/mol. The van der Waals surface area contributed by atoms with Crippen molar-refractivity contribution in [2.45, 2.75) is 18.4 Å². The molecule has 0 N–H and O–H groups in total. The van der Waals surface area contributed by atoms with Crippen molar-refractivity contribution < 1.29 is 0 Å². The Hall–Kier alpha value is -0.700. The summed E-state index contributed by atoms with van der Waals surface area (Å²) < 4.78 is 0. The minimum atomic E-state index is 0.491. The molecule has 1 heterocycles. The molecule has 4 heteroatoms. The molecule has 0 radical (unpaired) electrons. The standard InChI is InChI=1S/C14H13Cl2NS/c1-10-3-2-4-11(7-10)8-18-9-13-12(15)5-6-14(16)17-13/h2-7H,8-9H2,1H3. The molecule has 0 aliphatic rings. The van der Waals surface area contributed by atoms with Gasteiger partial charge in [-0.2, -0.15) is 11.8 Å². The molecule has 94 valence electrons. The zero-order valence-electron chi connectivity index (χ0n) is 9.99. The second-order valence-electron chi connectivity index (χ2n) is 4.04. The van der Waals surface area contributed by atoms with Crippen molar-refractivity contribution in [2.75, 3.05) is 0 Å². The van der Waals surface area contributed by atoms with E-state index in [1.165, 1.54) is 11.1 Å². The fourth-order valence-electron chi connectivity index (χ4n) is 1.63. The molecule has 0 saturated carbocycles. The summed E-state index contributed by atoms with van der Waals surface area (Å²) >= 11 is 13.7. The number of hydrogen-bond donors (Lipinski definition) is 0. The van der Waals surface area contributed by atoms with Crippen LogP contribution in [0, 0.1) is 6.92 Å². The highest BCUT2D eigenvalue weighted by Gasteiger charge is 2.03. The van der Waals surface area contributed by atoms with E-state index >= 15 is 0 Å². The highest BCUT2D eigenvalue weighted by atomic mass is 35.5. The normalized spacial score (nSPS) is 10.6. The van der Waals surface area contributed by atoms with Crippen LogP contribution in [0.3, 0.4) is 0 Å². The Morgan fingerprint density at radius 1 is 1.11 bits per heavy atom. The number of nitrogens with zero attached hydrogens (tertiary/aromatic N) is 1. The zero-order chi connectivity index (χ0) is 13.0. The first-order valence-electron chi connectivity index (χ1n) is 5.59. The van der Waals surface area contributed by atoms with Gasteiger partial charge in [-0.05, 0) is 24.6 Å². The molecule has 0 saturated heterocycles. The molecular weight excluding hydrogens is 285 g/mol. The van der Waals surface area contributed by atoms with E-state index in [-0.39, 0.29) is 0 Å². The number of halogens is 2. The van der Waals surface area contributed by atoms with Crippen molar-refractivity contribution in [3.8, 4) is 0 Å². The lowest BCUT2D eigenvalue weighted by Crippen LogP contribution is -1.90. The Morgan fingerprint density at radius 2 is 1.94 bits per heavy atom. The van der Waals surface area contributed by atoms with Crippen LogP contribution in [0.4, 0.5) is 0 Å². The predicted octanol–water partition coefficient (Wildman–Crippen LogP) is 5.13. The van der Waals surface area contributed by atoms with Crippen LogP contribution in [0.25, 0.3) is 0 Å². The van der Waals surface area contributed by atoms with Gasteiger partial charge in [-0.3, -0.25) is 0 Å². The Balaban J connectivity index is 1.94. The molecule has 0 unspecified atom stereocenters.